The number of aromatic nitrogens is 4. The van der Waals surface area contributed by atoms with E-state index in [4.69, 9.17) is 0 Å². The molecule has 0 aliphatic rings. The number of benzene rings is 2. The van der Waals surface area contributed by atoms with Crippen LogP contribution >= 0.6 is 0 Å². The fourth-order valence-electron chi connectivity index (χ4n) is 2.55. The highest BCUT2D eigenvalue weighted by molar-refractivity contribution is 5.92. The fraction of sp³-hybridized carbons (Fsp3) is 0.176. The largest absolute Gasteiger partial charge is 0.478 e. The minimum Gasteiger partial charge on any atom is -0.478 e. The van der Waals surface area contributed by atoms with E-state index in [0.717, 1.165) is 11.1 Å². The molecule has 23 heavy (non-hydrogen) atoms. The molecule has 0 spiro atoms. The number of aryl methyl sites for hydroxylation is 1. The molecular weight excluding hydrogens is 292 g/mol. The van der Waals surface area contributed by atoms with Gasteiger partial charge in [0, 0.05) is 6.42 Å². The zero-order valence-electron chi connectivity index (χ0n) is 12.9. The van der Waals surface area contributed by atoms with Crippen molar-refractivity contribution >= 4 is 5.97 Å². The Kier molecular flexibility index (Phi) is 3.89. The molecule has 1 heterocycles. The van der Waals surface area contributed by atoms with Crippen molar-refractivity contribution in [3.8, 4) is 16.8 Å². The quantitative estimate of drug-likeness (QED) is 0.801. The van der Waals surface area contributed by atoms with Gasteiger partial charge < -0.3 is 5.11 Å². The van der Waals surface area contributed by atoms with Gasteiger partial charge in [0.2, 0.25) is 0 Å². The lowest BCUT2D eigenvalue weighted by Gasteiger charge is -2.13. The number of carboxylic acid groups (broad SMARTS) is 1. The molecule has 0 radical (unpaired) electrons. The van der Waals surface area contributed by atoms with Crippen molar-refractivity contribution in [2.75, 3.05) is 0 Å². The van der Waals surface area contributed by atoms with Crippen LogP contribution < -0.4 is 0 Å². The molecule has 2 aromatic carbocycles. The molecule has 6 nitrogen and oxygen atoms in total. The van der Waals surface area contributed by atoms with Crippen LogP contribution in [0.1, 0.15) is 28.7 Å². The molecule has 3 aromatic rings. The second-order valence-corrected chi connectivity index (χ2v) is 5.20. The van der Waals surface area contributed by atoms with E-state index in [-0.39, 0.29) is 5.56 Å². The third kappa shape index (κ3) is 2.70. The lowest BCUT2D eigenvalue weighted by atomic mass is 9.98. The van der Waals surface area contributed by atoms with E-state index >= 15 is 0 Å². The lowest BCUT2D eigenvalue weighted by molar-refractivity contribution is 0.0696. The van der Waals surface area contributed by atoms with Crippen molar-refractivity contribution < 1.29 is 9.90 Å². The molecule has 0 saturated carbocycles. The fourth-order valence-corrected chi connectivity index (χ4v) is 2.55. The molecule has 0 saturated heterocycles. The molecule has 116 valence electrons. The first kappa shape index (κ1) is 14.9. The molecule has 0 amide bonds. The standard InChI is InChI=1S/C17H16N4O2/c1-3-16-18-19-20-21(16)15-10-13(12-7-5-4-6-8-12)9-14(11(15)2)17(22)23/h4-10H,3H2,1-2H3,(H,22,23). The molecule has 1 N–H and O–H groups in total. The average molecular weight is 308 g/mol. The summed E-state index contributed by atoms with van der Waals surface area (Å²) in [5, 5.41) is 21.2. The van der Waals surface area contributed by atoms with Crippen LogP contribution in [0, 0.1) is 6.92 Å². The lowest BCUT2D eigenvalue weighted by Crippen LogP contribution is -2.09. The van der Waals surface area contributed by atoms with E-state index in [9.17, 15) is 9.90 Å². The first-order chi connectivity index (χ1) is 11.1. The molecule has 3 rings (SSSR count). The van der Waals surface area contributed by atoms with E-state index in [2.05, 4.69) is 15.5 Å². The van der Waals surface area contributed by atoms with Crippen molar-refractivity contribution in [1.29, 1.82) is 0 Å². The van der Waals surface area contributed by atoms with E-state index in [1.54, 1.807) is 17.7 Å². The summed E-state index contributed by atoms with van der Waals surface area (Å²) in [5.74, 6) is -0.276. The Hall–Kier alpha value is -3.02. The maximum atomic E-state index is 11.6. The first-order valence-electron chi connectivity index (χ1n) is 7.32. The number of hydrogen-bond acceptors (Lipinski definition) is 4. The monoisotopic (exact) mass is 308 g/mol. The minimum absolute atomic E-state index is 0.249. The SMILES string of the molecule is CCc1nnnn1-c1cc(-c2ccccc2)cc(C(=O)O)c1C. The zero-order chi connectivity index (χ0) is 16.4. The van der Waals surface area contributed by atoms with Crippen LogP contribution in [-0.2, 0) is 6.42 Å². The van der Waals surface area contributed by atoms with Gasteiger partial charge >= 0.3 is 5.97 Å². The molecule has 0 aliphatic carbocycles. The summed E-state index contributed by atoms with van der Waals surface area (Å²) in [7, 11) is 0. The number of hydrogen-bond donors (Lipinski definition) is 1. The van der Waals surface area contributed by atoms with Crippen molar-refractivity contribution in [3.63, 3.8) is 0 Å². The van der Waals surface area contributed by atoms with Gasteiger partial charge in [-0.2, -0.15) is 4.68 Å². The maximum Gasteiger partial charge on any atom is 0.336 e. The third-order valence-corrected chi connectivity index (χ3v) is 3.80. The number of aromatic carboxylic acids is 1. The van der Waals surface area contributed by atoms with Gasteiger partial charge in [-0.15, -0.1) is 5.10 Å². The van der Waals surface area contributed by atoms with Gasteiger partial charge in [0.15, 0.2) is 5.82 Å². The normalized spacial score (nSPS) is 10.7. The summed E-state index contributed by atoms with van der Waals surface area (Å²) >= 11 is 0. The predicted octanol–water partition coefficient (Wildman–Crippen LogP) is 2.90. The molecule has 6 heteroatoms. The van der Waals surface area contributed by atoms with Gasteiger partial charge in [-0.25, -0.2) is 4.79 Å². The number of tetrazole rings is 1. The Morgan fingerprint density at radius 3 is 2.57 bits per heavy atom. The number of nitrogens with zero attached hydrogens (tertiary/aromatic N) is 4. The predicted molar refractivity (Wildman–Crippen MR) is 85.7 cm³/mol. The number of rotatable bonds is 4. The van der Waals surface area contributed by atoms with E-state index in [1.165, 1.54) is 0 Å². The molecule has 0 atom stereocenters. The average Bonchev–Trinajstić information content (AvgIpc) is 3.04. The molecule has 0 aliphatic heterocycles. The summed E-state index contributed by atoms with van der Waals surface area (Å²) in [6.07, 6.45) is 0.657. The Morgan fingerprint density at radius 2 is 1.91 bits per heavy atom. The van der Waals surface area contributed by atoms with Crippen molar-refractivity contribution in [2.24, 2.45) is 0 Å². The Balaban J connectivity index is 2.27. The van der Waals surface area contributed by atoms with Crippen molar-refractivity contribution in [2.45, 2.75) is 20.3 Å². The van der Waals surface area contributed by atoms with Gasteiger partial charge in [0.05, 0.1) is 11.3 Å². The molecule has 1 aromatic heterocycles. The number of carboxylic acids is 1. The van der Waals surface area contributed by atoms with Gasteiger partial charge in [-0.05, 0) is 46.2 Å². The Morgan fingerprint density at radius 1 is 1.17 bits per heavy atom. The van der Waals surface area contributed by atoms with Crippen LogP contribution in [0.2, 0.25) is 0 Å². The van der Waals surface area contributed by atoms with Crippen LogP contribution in [0.5, 0.6) is 0 Å². The summed E-state index contributed by atoms with van der Waals surface area (Å²) < 4.78 is 1.61. The second kappa shape index (κ2) is 6.00. The summed E-state index contributed by atoms with van der Waals surface area (Å²) in [5.41, 5.74) is 3.34. The molecule has 0 fully saturated rings. The summed E-state index contributed by atoms with van der Waals surface area (Å²) in [6.45, 7) is 3.73. The highest BCUT2D eigenvalue weighted by atomic mass is 16.4. The molecular formula is C17H16N4O2. The maximum absolute atomic E-state index is 11.6. The van der Waals surface area contributed by atoms with Crippen LogP contribution in [0.25, 0.3) is 16.8 Å². The van der Waals surface area contributed by atoms with E-state index in [0.29, 0.717) is 23.5 Å². The topological polar surface area (TPSA) is 80.9 Å². The van der Waals surface area contributed by atoms with Gasteiger partial charge in [0.1, 0.15) is 0 Å². The van der Waals surface area contributed by atoms with Crippen molar-refractivity contribution in [3.05, 3.63) is 59.4 Å². The zero-order valence-corrected chi connectivity index (χ0v) is 12.9. The Bertz CT molecular complexity index is 856. The summed E-state index contributed by atoms with van der Waals surface area (Å²) in [6, 6.07) is 13.3. The van der Waals surface area contributed by atoms with Crippen LogP contribution in [0.3, 0.4) is 0 Å². The highest BCUT2D eigenvalue weighted by Gasteiger charge is 2.17. The highest BCUT2D eigenvalue weighted by Crippen LogP contribution is 2.28. The minimum atomic E-state index is -0.965. The van der Waals surface area contributed by atoms with Gasteiger partial charge in [-0.1, -0.05) is 37.3 Å². The molecule has 0 unspecified atom stereocenters. The van der Waals surface area contributed by atoms with Crippen LogP contribution in [-0.4, -0.2) is 31.3 Å². The van der Waals surface area contributed by atoms with E-state index in [1.807, 2.05) is 43.3 Å². The third-order valence-electron chi connectivity index (χ3n) is 3.80. The van der Waals surface area contributed by atoms with Crippen LogP contribution in [0.4, 0.5) is 0 Å². The smallest absolute Gasteiger partial charge is 0.336 e. The van der Waals surface area contributed by atoms with Crippen LogP contribution in [0.15, 0.2) is 42.5 Å². The molecule has 0 bridgehead atoms. The Labute approximate surface area is 133 Å². The van der Waals surface area contributed by atoms with Gasteiger partial charge in [0.25, 0.3) is 0 Å². The van der Waals surface area contributed by atoms with E-state index < -0.39 is 5.97 Å². The van der Waals surface area contributed by atoms with Crippen molar-refractivity contribution in [1.82, 2.24) is 20.2 Å². The number of carbonyl (C=O) groups is 1. The summed E-state index contributed by atoms with van der Waals surface area (Å²) in [4.78, 5) is 11.6. The first-order valence-corrected chi connectivity index (χ1v) is 7.32. The second-order valence-electron chi connectivity index (χ2n) is 5.20. The van der Waals surface area contributed by atoms with Gasteiger partial charge in [-0.3, -0.25) is 0 Å².